The molecule has 146 valence electrons. The van der Waals surface area contributed by atoms with Crippen LogP contribution in [0, 0.1) is 0 Å². The van der Waals surface area contributed by atoms with Crippen molar-refractivity contribution in [3.05, 3.63) is 77.6 Å². The molecule has 1 aromatic heterocycles. The first-order chi connectivity index (χ1) is 13.2. The highest BCUT2D eigenvalue weighted by Gasteiger charge is 2.39. The average Bonchev–Trinajstić information content (AvgIpc) is 3.06. The fourth-order valence-electron chi connectivity index (χ4n) is 2.79. The van der Waals surface area contributed by atoms with Crippen molar-refractivity contribution in [1.82, 2.24) is 9.78 Å². The summed E-state index contributed by atoms with van der Waals surface area (Å²) in [5.74, 6) is -0.862. The van der Waals surface area contributed by atoms with E-state index < -0.39 is 23.3 Å². The summed E-state index contributed by atoms with van der Waals surface area (Å²) in [7, 11) is 1.33. The Morgan fingerprint density at radius 1 is 1.04 bits per heavy atom. The molecule has 0 aliphatic heterocycles. The number of aryl methyl sites for hydroxylation is 1. The zero-order chi connectivity index (χ0) is 20.3. The molecule has 0 bridgehead atoms. The molecule has 0 fully saturated rings. The molecule has 3 rings (SSSR count). The Labute approximate surface area is 160 Å². The number of anilines is 2. The Kier molecular flexibility index (Phi) is 5.39. The lowest BCUT2D eigenvalue weighted by Gasteiger charge is -2.16. The van der Waals surface area contributed by atoms with Gasteiger partial charge < -0.3 is 10.6 Å². The van der Waals surface area contributed by atoms with Crippen LogP contribution >= 0.6 is 0 Å². The summed E-state index contributed by atoms with van der Waals surface area (Å²) in [5, 5.41) is 9.15. The van der Waals surface area contributed by atoms with Gasteiger partial charge in [0.2, 0.25) is 0 Å². The van der Waals surface area contributed by atoms with Crippen LogP contribution in [0.4, 0.5) is 24.5 Å². The molecule has 3 aromatic rings. The number of carbonyl (C=O) groups is 1. The Morgan fingerprint density at radius 2 is 1.64 bits per heavy atom. The van der Waals surface area contributed by atoms with Gasteiger partial charge >= 0.3 is 6.18 Å². The third-order valence-electron chi connectivity index (χ3n) is 4.17. The van der Waals surface area contributed by atoms with E-state index in [9.17, 15) is 18.0 Å². The van der Waals surface area contributed by atoms with Crippen LogP contribution in [0.25, 0.3) is 0 Å². The summed E-state index contributed by atoms with van der Waals surface area (Å²) in [5.41, 5.74) is 0.611. The molecule has 8 heteroatoms. The first kappa shape index (κ1) is 19.5. The minimum absolute atomic E-state index is 0.0754. The Hall–Kier alpha value is -3.29. The molecular formula is C20H19F3N4O. The van der Waals surface area contributed by atoms with Crippen LogP contribution in [-0.2, 0) is 13.2 Å². The van der Waals surface area contributed by atoms with E-state index in [4.69, 9.17) is 0 Å². The van der Waals surface area contributed by atoms with E-state index in [0.29, 0.717) is 5.69 Å². The number of alkyl halides is 3. The Morgan fingerprint density at radius 3 is 2.25 bits per heavy atom. The summed E-state index contributed by atoms with van der Waals surface area (Å²) in [4.78, 5) is 12.3. The Bertz CT molecular complexity index is 950. The van der Waals surface area contributed by atoms with Crippen LogP contribution in [0.2, 0.25) is 0 Å². The fraction of sp³-hybridized carbons (Fsp3) is 0.200. The minimum Gasteiger partial charge on any atom is -0.379 e. The van der Waals surface area contributed by atoms with Gasteiger partial charge in [-0.15, -0.1) is 0 Å². The van der Waals surface area contributed by atoms with Gasteiger partial charge in [0.1, 0.15) is 0 Å². The van der Waals surface area contributed by atoms with E-state index >= 15 is 0 Å². The molecule has 28 heavy (non-hydrogen) atoms. The van der Waals surface area contributed by atoms with E-state index in [1.165, 1.54) is 7.05 Å². The largest absolute Gasteiger partial charge is 0.435 e. The number of amides is 1. The quantitative estimate of drug-likeness (QED) is 0.656. The van der Waals surface area contributed by atoms with Gasteiger partial charge in [-0.05, 0) is 36.8 Å². The summed E-state index contributed by atoms with van der Waals surface area (Å²) < 4.78 is 40.0. The molecule has 0 saturated heterocycles. The molecule has 2 N–H and O–H groups in total. The zero-order valence-electron chi connectivity index (χ0n) is 15.3. The van der Waals surface area contributed by atoms with Crippen molar-refractivity contribution in [3.63, 3.8) is 0 Å². The smallest absolute Gasteiger partial charge is 0.379 e. The van der Waals surface area contributed by atoms with Gasteiger partial charge in [-0.25, -0.2) is 0 Å². The summed E-state index contributed by atoms with van der Waals surface area (Å²) in [6, 6.07) is 16.7. The number of benzene rings is 2. The minimum atomic E-state index is -4.70. The number of hydrogen-bond acceptors (Lipinski definition) is 3. The molecule has 1 atom stereocenters. The first-order valence-electron chi connectivity index (χ1n) is 8.58. The van der Waals surface area contributed by atoms with Crippen molar-refractivity contribution in [2.75, 3.05) is 10.6 Å². The maximum atomic E-state index is 13.0. The normalized spacial score (nSPS) is 12.5. The predicted octanol–water partition coefficient (Wildman–Crippen LogP) is 4.86. The van der Waals surface area contributed by atoms with Crippen molar-refractivity contribution in [3.8, 4) is 0 Å². The number of nitrogens with one attached hydrogen (secondary N) is 2. The topological polar surface area (TPSA) is 58.9 Å². The molecule has 1 amide bonds. The Balaban J connectivity index is 1.69. The van der Waals surface area contributed by atoms with Crippen molar-refractivity contribution in [2.24, 2.45) is 7.05 Å². The monoisotopic (exact) mass is 388 g/mol. The highest BCUT2D eigenvalue weighted by Crippen LogP contribution is 2.31. The molecule has 0 aliphatic carbocycles. The van der Waals surface area contributed by atoms with E-state index in [0.717, 1.165) is 22.1 Å². The van der Waals surface area contributed by atoms with Crippen LogP contribution in [0.1, 0.15) is 34.6 Å². The van der Waals surface area contributed by atoms with E-state index in [1.54, 1.807) is 24.3 Å². The zero-order valence-corrected chi connectivity index (χ0v) is 15.3. The number of hydrogen-bond donors (Lipinski definition) is 2. The van der Waals surface area contributed by atoms with Gasteiger partial charge in [-0.3, -0.25) is 9.48 Å². The molecule has 0 spiro atoms. The van der Waals surface area contributed by atoms with Crippen LogP contribution in [0.15, 0.2) is 60.8 Å². The fourth-order valence-corrected chi connectivity index (χ4v) is 2.79. The van der Waals surface area contributed by atoms with Gasteiger partial charge in [0, 0.05) is 30.7 Å². The lowest BCUT2D eigenvalue weighted by Crippen LogP contribution is -2.17. The second kappa shape index (κ2) is 7.75. The second-order valence-electron chi connectivity index (χ2n) is 6.37. The molecule has 1 heterocycles. The lowest BCUT2D eigenvalue weighted by molar-refractivity contribution is -0.141. The summed E-state index contributed by atoms with van der Waals surface area (Å²) in [6.45, 7) is 2.02. The summed E-state index contributed by atoms with van der Waals surface area (Å²) >= 11 is 0. The first-order valence-corrected chi connectivity index (χ1v) is 8.58. The predicted molar refractivity (Wildman–Crippen MR) is 101 cm³/mol. The van der Waals surface area contributed by atoms with Gasteiger partial charge in [0.15, 0.2) is 5.69 Å². The van der Waals surface area contributed by atoms with Gasteiger partial charge in [0.05, 0.1) is 5.56 Å². The summed E-state index contributed by atoms with van der Waals surface area (Å²) in [6.07, 6.45) is -3.65. The SMILES string of the molecule is CC(Nc1ccc(NC(=O)c2cn(C)nc2C(F)(F)F)cc1)c1ccccc1. The van der Waals surface area contributed by atoms with E-state index in [1.807, 2.05) is 37.3 Å². The third-order valence-corrected chi connectivity index (χ3v) is 4.17. The molecule has 0 radical (unpaired) electrons. The molecular weight excluding hydrogens is 369 g/mol. The van der Waals surface area contributed by atoms with Gasteiger partial charge in [-0.2, -0.15) is 18.3 Å². The highest BCUT2D eigenvalue weighted by atomic mass is 19.4. The standard InChI is InChI=1S/C20H19F3N4O/c1-13(14-6-4-3-5-7-14)24-15-8-10-16(11-9-15)25-19(28)17-12-27(2)26-18(17)20(21,22)23/h3-13,24H,1-2H3,(H,25,28). The number of nitrogens with zero attached hydrogens (tertiary/aromatic N) is 2. The van der Waals surface area contributed by atoms with Crippen molar-refractivity contribution in [1.29, 1.82) is 0 Å². The van der Waals surface area contributed by atoms with Crippen molar-refractivity contribution in [2.45, 2.75) is 19.1 Å². The van der Waals surface area contributed by atoms with E-state index in [2.05, 4.69) is 15.7 Å². The molecule has 2 aromatic carbocycles. The maximum Gasteiger partial charge on any atom is 0.435 e. The van der Waals surface area contributed by atoms with Crippen LogP contribution in [0.3, 0.4) is 0 Å². The second-order valence-corrected chi connectivity index (χ2v) is 6.37. The number of carbonyl (C=O) groups excluding carboxylic acids is 1. The van der Waals surface area contributed by atoms with Crippen LogP contribution in [0.5, 0.6) is 0 Å². The lowest BCUT2D eigenvalue weighted by atomic mass is 10.1. The highest BCUT2D eigenvalue weighted by molar-refractivity contribution is 6.05. The third kappa shape index (κ3) is 4.51. The van der Waals surface area contributed by atoms with Gasteiger partial charge in [0.25, 0.3) is 5.91 Å². The number of aromatic nitrogens is 2. The van der Waals surface area contributed by atoms with Crippen molar-refractivity contribution < 1.29 is 18.0 Å². The van der Waals surface area contributed by atoms with Crippen LogP contribution < -0.4 is 10.6 Å². The number of halogens is 3. The molecule has 5 nitrogen and oxygen atoms in total. The van der Waals surface area contributed by atoms with Crippen molar-refractivity contribution >= 4 is 17.3 Å². The van der Waals surface area contributed by atoms with Gasteiger partial charge in [-0.1, -0.05) is 30.3 Å². The number of rotatable bonds is 5. The maximum absolute atomic E-state index is 13.0. The van der Waals surface area contributed by atoms with E-state index in [-0.39, 0.29) is 6.04 Å². The van der Waals surface area contributed by atoms with Crippen LogP contribution in [-0.4, -0.2) is 15.7 Å². The molecule has 1 unspecified atom stereocenters. The molecule has 0 aliphatic rings. The molecule has 0 saturated carbocycles. The average molecular weight is 388 g/mol.